The standard InChI is InChI=1S/C9H11N3O2/c1-6(10)12-11-5-7-2-3-8(13)4-9(7)14/h2-5,12-14H,1,10H2/b11-5+. The summed E-state index contributed by atoms with van der Waals surface area (Å²) in [6.07, 6.45) is 1.37. The van der Waals surface area contributed by atoms with Crippen LogP contribution < -0.4 is 11.2 Å². The van der Waals surface area contributed by atoms with E-state index in [0.717, 1.165) is 0 Å². The molecule has 0 atom stereocenters. The van der Waals surface area contributed by atoms with Gasteiger partial charge >= 0.3 is 0 Å². The molecular weight excluding hydrogens is 182 g/mol. The van der Waals surface area contributed by atoms with Crippen molar-refractivity contribution in [3.8, 4) is 11.5 Å². The summed E-state index contributed by atoms with van der Waals surface area (Å²) in [5, 5.41) is 22.0. The number of nitrogens with zero attached hydrogens (tertiary/aromatic N) is 1. The molecule has 0 radical (unpaired) electrons. The number of phenolic OH excluding ortho intramolecular Hbond substituents is 2. The lowest BCUT2D eigenvalue weighted by Crippen LogP contribution is -2.12. The van der Waals surface area contributed by atoms with Crippen LogP contribution >= 0.6 is 0 Å². The molecule has 0 saturated carbocycles. The summed E-state index contributed by atoms with van der Waals surface area (Å²) in [7, 11) is 0. The molecule has 0 saturated heterocycles. The predicted molar refractivity (Wildman–Crippen MR) is 53.8 cm³/mol. The van der Waals surface area contributed by atoms with Crippen LogP contribution in [0.3, 0.4) is 0 Å². The Bertz CT molecular complexity index is 374. The second kappa shape index (κ2) is 4.18. The van der Waals surface area contributed by atoms with Gasteiger partial charge in [0.25, 0.3) is 0 Å². The van der Waals surface area contributed by atoms with Crippen molar-refractivity contribution in [1.82, 2.24) is 5.43 Å². The van der Waals surface area contributed by atoms with Gasteiger partial charge in [-0.1, -0.05) is 6.58 Å². The van der Waals surface area contributed by atoms with Gasteiger partial charge in [-0.15, -0.1) is 0 Å². The van der Waals surface area contributed by atoms with Gasteiger partial charge in [-0.2, -0.15) is 5.10 Å². The van der Waals surface area contributed by atoms with E-state index in [1.54, 1.807) is 0 Å². The summed E-state index contributed by atoms with van der Waals surface area (Å²) in [6, 6.07) is 4.19. The number of nitrogens with one attached hydrogen (secondary N) is 1. The van der Waals surface area contributed by atoms with Crippen LogP contribution in [0.2, 0.25) is 0 Å². The van der Waals surface area contributed by atoms with Crippen LogP contribution in [0.15, 0.2) is 35.7 Å². The van der Waals surface area contributed by atoms with Gasteiger partial charge in [0.15, 0.2) is 0 Å². The first-order valence-corrected chi connectivity index (χ1v) is 3.85. The number of aromatic hydroxyl groups is 2. The zero-order valence-corrected chi connectivity index (χ0v) is 7.44. The number of benzene rings is 1. The predicted octanol–water partition coefficient (Wildman–Crippen LogP) is 0.451. The van der Waals surface area contributed by atoms with Crippen molar-refractivity contribution < 1.29 is 10.2 Å². The molecule has 0 aromatic heterocycles. The van der Waals surface area contributed by atoms with Crippen molar-refractivity contribution in [2.24, 2.45) is 10.8 Å². The molecule has 1 rings (SSSR count). The van der Waals surface area contributed by atoms with E-state index in [1.807, 2.05) is 0 Å². The minimum absolute atomic E-state index is 0.00385. The summed E-state index contributed by atoms with van der Waals surface area (Å²) in [5.41, 5.74) is 8.08. The Hall–Kier alpha value is -2.17. The van der Waals surface area contributed by atoms with Gasteiger partial charge in [0.2, 0.25) is 0 Å². The zero-order valence-electron chi connectivity index (χ0n) is 7.44. The van der Waals surface area contributed by atoms with Gasteiger partial charge in [0.1, 0.15) is 17.3 Å². The molecule has 1 aromatic rings. The van der Waals surface area contributed by atoms with E-state index in [1.165, 1.54) is 24.4 Å². The second-order valence-electron chi connectivity index (χ2n) is 2.64. The highest BCUT2D eigenvalue weighted by atomic mass is 16.3. The first-order chi connectivity index (χ1) is 6.59. The normalized spacial score (nSPS) is 10.3. The van der Waals surface area contributed by atoms with E-state index in [-0.39, 0.29) is 17.3 Å². The summed E-state index contributed by atoms with van der Waals surface area (Å²) < 4.78 is 0. The largest absolute Gasteiger partial charge is 0.508 e. The van der Waals surface area contributed by atoms with Gasteiger partial charge in [0.05, 0.1) is 6.21 Å². The van der Waals surface area contributed by atoms with Crippen LogP contribution in [-0.2, 0) is 0 Å². The number of hydrogen-bond donors (Lipinski definition) is 4. The van der Waals surface area contributed by atoms with Crippen LogP contribution in [0, 0.1) is 0 Å². The lowest BCUT2D eigenvalue weighted by atomic mass is 10.2. The number of nitrogens with two attached hydrogens (primary N) is 1. The quantitative estimate of drug-likeness (QED) is 0.414. The van der Waals surface area contributed by atoms with Crippen molar-refractivity contribution >= 4 is 6.21 Å². The Labute approximate surface area is 81.2 Å². The Balaban J connectivity index is 2.76. The molecule has 0 spiro atoms. The lowest BCUT2D eigenvalue weighted by Gasteiger charge is -1.99. The van der Waals surface area contributed by atoms with Gasteiger partial charge in [-0.3, -0.25) is 5.43 Å². The third-order valence-electron chi connectivity index (χ3n) is 1.43. The summed E-state index contributed by atoms with van der Waals surface area (Å²) >= 11 is 0. The third-order valence-corrected chi connectivity index (χ3v) is 1.43. The van der Waals surface area contributed by atoms with E-state index in [2.05, 4.69) is 17.1 Å². The van der Waals surface area contributed by atoms with Gasteiger partial charge in [-0.25, -0.2) is 0 Å². The van der Waals surface area contributed by atoms with Crippen LogP contribution in [-0.4, -0.2) is 16.4 Å². The molecule has 0 bridgehead atoms. The van der Waals surface area contributed by atoms with Crippen molar-refractivity contribution in [2.75, 3.05) is 0 Å². The first-order valence-electron chi connectivity index (χ1n) is 3.85. The molecular formula is C9H11N3O2. The Morgan fingerprint density at radius 2 is 2.21 bits per heavy atom. The molecule has 14 heavy (non-hydrogen) atoms. The second-order valence-corrected chi connectivity index (χ2v) is 2.64. The molecule has 0 amide bonds. The van der Waals surface area contributed by atoms with Crippen LogP contribution in [0.25, 0.3) is 0 Å². The minimum atomic E-state index is -0.0572. The molecule has 0 unspecified atom stereocenters. The zero-order chi connectivity index (χ0) is 10.6. The fourth-order valence-electron chi connectivity index (χ4n) is 0.826. The molecule has 5 heteroatoms. The van der Waals surface area contributed by atoms with Crippen molar-refractivity contribution in [2.45, 2.75) is 0 Å². The van der Waals surface area contributed by atoms with Gasteiger partial charge in [0, 0.05) is 11.6 Å². The minimum Gasteiger partial charge on any atom is -0.508 e. The van der Waals surface area contributed by atoms with E-state index in [4.69, 9.17) is 10.8 Å². The highest BCUT2D eigenvalue weighted by Crippen LogP contribution is 2.20. The van der Waals surface area contributed by atoms with E-state index < -0.39 is 0 Å². The SMILES string of the molecule is C=C(N)N/N=C/c1ccc(O)cc1O. The fourth-order valence-corrected chi connectivity index (χ4v) is 0.826. The molecule has 5 nitrogen and oxygen atoms in total. The molecule has 1 aromatic carbocycles. The Kier molecular flexibility index (Phi) is 2.96. The lowest BCUT2D eigenvalue weighted by molar-refractivity contribution is 0.450. The number of hydrogen-bond acceptors (Lipinski definition) is 5. The Morgan fingerprint density at radius 3 is 2.79 bits per heavy atom. The Morgan fingerprint density at radius 1 is 1.50 bits per heavy atom. The fraction of sp³-hybridized carbons (Fsp3) is 0. The maximum Gasteiger partial charge on any atom is 0.128 e. The van der Waals surface area contributed by atoms with Crippen LogP contribution in [0.1, 0.15) is 5.56 Å². The molecule has 74 valence electrons. The van der Waals surface area contributed by atoms with E-state index >= 15 is 0 Å². The average Bonchev–Trinajstić information content (AvgIpc) is 2.08. The van der Waals surface area contributed by atoms with Crippen molar-refractivity contribution in [1.29, 1.82) is 0 Å². The number of phenols is 2. The van der Waals surface area contributed by atoms with Crippen LogP contribution in [0.4, 0.5) is 0 Å². The van der Waals surface area contributed by atoms with Gasteiger partial charge in [-0.05, 0) is 12.1 Å². The average molecular weight is 193 g/mol. The summed E-state index contributed by atoms with van der Waals surface area (Å²) in [5.74, 6) is 0.147. The summed E-state index contributed by atoms with van der Waals surface area (Å²) in [4.78, 5) is 0. The summed E-state index contributed by atoms with van der Waals surface area (Å²) in [6.45, 7) is 3.37. The topological polar surface area (TPSA) is 90.9 Å². The maximum atomic E-state index is 9.32. The van der Waals surface area contributed by atoms with Crippen molar-refractivity contribution in [3.63, 3.8) is 0 Å². The third kappa shape index (κ3) is 2.71. The van der Waals surface area contributed by atoms with Crippen LogP contribution in [0.5, 0.6) is 11.5 Å². The molecule has 0 aliphatic rings. The number of rotatable bonds is 3. The smallest absolute Gasteiger partial charge is 0.128 e. The number of hydrazone groups is 1. The molecule has 0 heterocycles. The van der Waals surface area contributed by atoms with Crippen molar-refractivity contribution in [3.05, 3.63) is 36.2 Å². The highest BCUT2D eigenvalue weighted by molar-refractivity contribution is 5.83. The first kappa shape index (κ1) is 9.91. The maximum absolute atomic E-state index is 9.32. The molecule has 0 fully saturated rings. The molecule has 0 aliphatic carbocycles. The molecule has 0 aliphatic heterocycles. The van der Waals surface area contributed by atoms with E-state index in [9.17, 15) is 5.11 Å². The molecule has 5 N–H and O–H groups in total. The monoisotopic (exact) mass is 193 g/mol. The van der Waals surface area contributed by atoms with E-state index in [0.29, 0.717) is 5.56 Å². The highest BCUT2D eigenvalue weighted by Gasteiger charge is 1.98. The van der Waals surface area contributed by atoms with Gasteiger partial charge < -0.3 is 15.9 Å².